The van der Waals surface area contributed by atoms with Crippen LogP contribution in [-0.4, -0.2) is 83.3 Å². The molecule has 46 heavy (non-hydrogen) atoms. The van der Waals surface area contributed by atoms with E-state index in [1.807, 2.05) is 53.4 Å². The van der Waals surface area contributed by atoms with Gasteiger partial charge in [-0.15, -0.1) is 0 Å². The fraction of sp³-hybridized carbons (Fsp3) is 0.486. The van der Waals surface area contributed by atoms with Crippen LogP contribution >= 0.6 is 0 Å². The SMILES string of the molecule is COCCCN1CCOc2ccc(CO[C@H]3CN(C(=O)OCc4ccccc4)C[C@@H](CNC(C)C)[C@@H]3c3ccc(OC)cc3)cc21. The lowest BCUT2D eigenvalue weighted by atomic mass is 9.78. The van der Waals surface area contributed by atoms with Crippen molar-refractivity contribution in [2.45, 2.75) is 51.5 Å². The summed E-state index contributed by atoms with van der Waals surface area (Å²) in [7, 11) is 3.42. The molecule has 9 heteroatoms. The van der Waals surface area contributed by atoms with Gasteiger partial charge in [-0.05, 0) is 53.3 Å². The van der Waals surface area contributed by atoms with Gasteiger partial charge < -0.3 is 38.8 Å². The maximum Gasteiger partial charge on any atom is 0.410 e. The van der Waals surface area contributed by atoms with Crippen molar-refractivity contribution in [3.05, 3.63) is 89.5 Å². The summed E-state index contributed by atoms with van der Waals surface area (Å²) in [6.45, 7) is 9.80. The number of ether oxygens (including phenoxy) is 5. The van der Waals surface area contributed by atoms with E-state index in [0.717, 1.165) is 61.0 Å². The maximum atomic E-state index is 13.5. The Morgan fingerprint density at radius 1 is 0.978 bits per heavy atom. The van der Waals surface area contributed by atoms with Crippen LogP contribution in [0, 0.1) is 5.92 Å². The van der Waals surface area contributed by atoms with Crippen LogP contribution in [0.1, 0.15) is 42.9 Å². The second-order valence-corrected chi connectivity index (χ2v) is 12.4. The molecule has 0 bridgehead atoms. The molecule has 0 spiro atoms. The molecular formula is C37H49N3O6. The van der Waals surface area contributed by atoms with Crippen molar-refractivity contribution in [3.8, 4) is 11.5 Å². The van der Waals surface area contributed by atoms with Crippen molar-refractivity contribution in [2.75, 3.05) is 65.1 Å². The fourth-order valence-electron chi connectivity index (χ4n) is 6.36. The van der Waals surface area contributed by atoms with E-state index >= 15 is 0 Å². The fourth-order valence-corrected chi connectivity index (χ4v) is 6.36. The third-order valence-electron chi connectivity index (χ3n) is 8.74. The molecule has 0 radical (unpaired) electrons. The quantitative estimate of drug-likeness (QED) is 0.222. The third kappa shape index (κ3) is 8.93. The standard InChI is InChI=1S/C37H49N3O6/c1-27(2)38-22-31-23-40(37(41)46-25-28-9-6-5-7-10-28)24-35(36(31)30-12-14-32(43-4)15-13-30)45-26-29-11-16-34-33(21-29)39(18-20-44-34)17-8-19-42-3/h5-7,9-16,21,27,31,35-36,38H,8,17-20,22-26H2,1-4H3/t31-,35+,36+/m1/s1. The highest BCUT2D eigenvalue weighted by Gasteiger charge is 2.41. The lowest BCUT2D eigenvalue weighted by Crippen LogP contribution is -2.54. The molecule has 5 rings (SSSR count). The van der Waals surface area contributed by atoms with Gasteiger partial charge in [-0.1, -0.05) is 62.4 Å². The third-order valence-corrected chi connectivity index (χ3v) is 8.74. The summed E-state index contributed by atoms with van der Waals surface area (Å²) in [5, 5.41) is 3.62. The van der Waals surface area contributed by atoms with Crippen LogP contribution in [0.15, 0.2) is 72.8 Å². The zero-order chi connectivity index (χ0) is 32.3. The van der Waals surface area contributed by atoms with E-state index in [4.69, 9.17) is 23.7 Å². The number of hydrogen-bond acceptors (Lipinski definition) is 8. The van der Waals surface area contributed by atoms with Crippen LogP contribution in [0.2, 0.25) is 0 Å². The zero-order valence-electron chi connectivity index (χ0n) is 27.7. The molecule has 0 aromatic heterocycles. The Bertz CT molecular complexity index is 1370. The Hall–Kier alpha value is -3.79. The molecule has 0 unspecified atom stereocenters. The summed E-state index contributed by atoms with van der Waals surface area (Å²) in [6.07, 6.45) is 0.373. The van der Waals surface area contributed by atoms with E-state index in [0.29, 0.717) is 32.3 Å². The Morgan fingerprint density at radius 3 is 2.52 bits per heavy atom. The number of benzene rings is 3. The molecule has 1 N–H and O–H groups in total. The highest BCUT2D eigenvalue weighted by atomic mass is 16.6. The molecule has 2 heterocycles. The Labute approximate surface area is 273 Å². The first-order chi connectivity index (χ1) is 22.4. The van der Waals surface area contributed by atoms with Gasteiger partial charge in [0.2, 0.25) is 0 Å². The smallest absolute Gasteiger partial charge is 0.410 e. The number of anilines is 1. The number of rotatable bonds is 14. The van der Waals surface area contributed by atoms with Gasteiger partial charge in [0.1, 0.15) is 24.7 Å². The van der Waals surface area contributed by atoms with Crippen LogP contribution in [0.4, 0.5) is 10.5 Å². The lowest BCUT2D eigenvalue weighted by molar-refractivity contribution is -0.0436. The van der Waals surface area contributed by atoms with Crippen molar-refractivity contribution in [2.24, 2.45) is 5.92 Å². The number of likely N-dealkylation sites (tertiary alicyclic amines) is 1. The van der Waals surface area contributed by atoms with Crippen molar-refractivity contribution in [1.29, 1.82) is 0 Å². The van der Waals surface area contributed by atoms with Crippen molar-refractivity contribution in [1.82, 2.24) is 10.2 Å². The molecule has 3 atom stereocenters. The van der Waals surface area contributed by atoms with E-state index in [2.05, 4.69) is 48.3 Å². The minimum atomic E-state index is -0.321. The monoisotopic (exact) mass is 631 g/mol. The predicted molar refractivity (Wildman–Crippen MR) is 180 cm³/mol. The molecule has 9 nitrogen and oxygen atoms in total. The highest BCUT2D eigenvalue weighted by molar-refractivity contribution is 5.68. The van der Waals surface area contributed by atoms with Crippen molar-refractivity contribution < 1.29 is 28.5 Å². The van der Waals surface area contributed by atoms with Crippen LogP contribution in [0.3, 0.4) is 0 Å². The first kappa shape index (κ1) is 33.6. The second-order valence-electron chi connectivity index (χ2n) is 12.4. The predicted octanol–water partition coefficient (Wildman–Crippen LogP) is 5.87. The van der Waals surface area contributed by atoms with Gasteiger partial charge in [0.15, 0.2) is 0 Å². The molecule has 1 fully saturated rings. The average molecular weight is 632 g/mol. The van der Waals surface area contributed by atoms with Gasteiger partial charge in [0.25, 0.3) is 0 Å². The normalized spacial score (nSPS) is 19.5. The first-order valence-corrected chi connectivity index (χ1v) is 16.4. The first-order valence-electron chi connectivity index (χ1n) is 16.4. The molecule has 2 aliphatic heterocycles. The van der Waals surface area contributed by atoms with E-state index in [1.165, 1.54) is 5.56 Å². The molecule has 1 saturated heterocycles. The Morgan fingerprint density at radius 2 is 1.78 bits per heavy atom. The topological polar surface area (TPSA) is 81.7 Å². The van der Waals surface area contributed by atoms with E-state index in [-0.39, 0.29) is 30.6 Å². The van der Waals surface area contributed by atoms with Gasteiger partial charge in [-0.3, -0.25) is 0 Å². The number of piperidine rings is 1. The molecule has 3 aromatic carbocycles. The summed E-state index contributed by atoms with van der Waals surface area (Å²) in [5.74, 6) is 1.87. The number of fused-ring (bicyclic) bond motifs is 1. The largest absolute Gasteiger partial charge is 0.497 e. The van der Waals surface area contributed by atoms with Crippen molar-refractivity contribution in [3.63, 3.8) is 0 Å². The van der Waals surface area contributed by atoms with E-state index in [9.17, 15) is 4.79 Å². The molecule has 248 valence electrons. The summed E-state index contributed by atoms with van der Waals surface area (Å²) in [6, 6.07) is 24.6. The average Bonchev–Trinajstić information content (AvgIpc) is 3.09. The molecular weight excluding hydrogens is 582 g/mol. The number of carbonyl (C=O) groups excluding carboxylic acids is 1. The summed E-state index contributed by atoms with van der Waals surface area (Å²) >= 11 is 0. The second kappa shape index (κ2) is 16.7. The lowest BCUT2D eigenvalue weighted by Gasteiger charge is -2.44. The Kier molecular flexibility index (Phi) is 12.2. The van der Waals surface area contributed by atoms with Gasteiger partial charge in [0, 0.05) is 45.3 Å². The van der Waals surface area contributed by atoms with E-state index < -0.39 is 0 Å². The number of nitrogens with zero attached hydrogens (tertiary/aromatic N) is 2. The van der Waals surface area contributed by atoms with Crippen LogP contribution in [-0.2, 0) is 27.4 Å². The molecule has 0 aliphatic carbocycles. The zero-order valence-corrected chi connectivity index (χ0v) is 27.7. The van der Waals surface area contributed by atoms with Gasteiger partial charge in [-0.2, -0.15) is 0 Å². The maximum absolute atomic E-state index is 13.5. The number of carbonyl (C=O) groups is 1. The minimum absolute atomic E-state index is 0.0573. The minimum Gasteiger partial charge on any atom is -0.497 e. The van der Waals surface area contributed by atoms with Gasteiger partial charge in [0.05, 0.1) is 38.6 Å². The number of amides is 1. The molecule has 0 saturated carbocycles. The van der Waals surface area contributed by atoms with Crippen LogP contribution in [0.5, 0.6) is 11.5 Å². The highest BCUT2D eigenvalue weighted by Crippen LogP contribution is 2.38. The summed E-state index contributed by atoms with van der Waals surface area (Å²) in [5.41, 5.74) is 4.28. The Balaban J connectivity index is 1.38. The van der Waals surface area contributed by atoms with Gasteiger partial charge >= 0.3 is 6.09 Å². The van der Waals surface area contributed by atoms with E-state index in [1.54, 1.807) is 14.2 Å². The molecule has 2 aliphatic rings. The summed E-state index contributed by atoms with van der Waals surface area (Å²) in [4.78, 5) is 17.7. The molecule has 1 amide bonds. The summed E-state index contributed by atoms with van der Waals surface area (Å²) < 4.78 is 29.3. The number of hydrogen-bond donors (Lipinski definition) is 1. The molecule has 3 aromatic rings. The van der Waals surface area contributed by atoms with Gasteiger partial charge in [-0.25, -0.2) is 4.79 Å². The number of methoxy groups -OCH3 is 2. The number of nitrogens with one attached hydrogen (secondary N) is 1. The van der Waals surface area contributed by atoms with Crippen molar-refractivity contribution >= 4 is 11.8 Å². The van der Waals surface area contributed by atoms with Crippen LogP contribution in [0.25, 0.3) is 0 Å². The van der Waals surface area contributed by atoms with Crippen LogP contribution < -0.4 is 19.7 Å².